The van der Waals surface area contributed by atoms with Gasteiger partial charge in [-0.2, -0.15) is 0 Å². The molecule has 0 atom stereocenters. The van der Waals surface area contributed by atoms with Gasteiger partial charge in [-0.1, -0.05) is 48.5 Å². The molecule has 2 aliphatic rings. The van der Waals surface area contributed by atoms with Crippen molar-refractivity contribution in [1.29, 1.82) is 0 Å². The lowest BCUT2D eigenvalue weighted by molar-refractivity contribution is 0.0974. The molecule has 1 aromatic heterocycles. The number of carbonyl (C=O) groups is 2. The molecule has 0 saturated carbocycles. The van der Waals surface area contributed by atoms with Crippen LogP contribution in [0.25, 0.3) is 11.4 Å². The summed E-state index contributed by atoms with van der Waals surface area (Å²) >= 11 is 0. The van der Waals surface area contributed by atoms with Gasteiger partial charge in [0.05, 0.1) is 0 Å². The Balaban J connectivity index is 1.55. The summed E-state index contributed by atoms with van der Waals surface area (Å²) in [4.78, 5) is 33.0. The van der Waals surface area contributed by atoms with E-state index in [2.05, 4.69) is 9.97 Å². The van der Waals surface area contributed by atoms with E-state index in [0.29, 0.717) is 30.2 Å². The molecule has 0 unspecified atom stereocenters. The minimum absolute atomic E-state index is 0.171. The van der Waals surface area contributed by atoms with Gasteiger partial charge in [0.1, 0.15) is 17.2 Å². The Morgan fingerprint density at radius 2 is 1.67 bits per heavy atom. The van der Waals surface area contributed by atoms with E-state index >= 15 is 0 Å². The maximum absolute atomic E-state index is 12.7. The lowest BCUT2D eigenvalue weighted by Crippen LogP contribution is -2.40. The maximum Gasteiger partial charge on any atom is 0.493 e. The molecule has 2 heterocycles. The van der Waals surface area contributed by atoms with Crippen LogP contribution in [0.3, 0.4) is 0 Å². The van der Waals surface area contributed by atoms with E-state index in [1.807, 2.05) is 24.3 Å². The van der Waals surface area contributed by atoms with Crippen molar-refractivity contribution in [3.8, 4) is 11.4 Å². The Kier molecular flexibility index (Phi) is 3.77. The van der Waals surface area contributed by atoms with Gasteiger partial charge in [0.2, 0.25) is 11.6 Å². The highest BCUT2D eigenvalue weighted by atomic mass is 16.6. The molecule has 132 valence electrons. The minimum Gasteiger partial charge on any atom is -0.407 e. The molecule has 5 rings (SSSR count). The monoisotopic (exact) mass is 358 g/mol. The van der Waals surface area contributed by atoms with Gasteiger partial charge in [-0.3, -0.25) is 9.59 Å². The minimum atomic E-state index is -0.407. The summed E-state index contributed by atoms with van der Waals surface area (Å²) in [6.07, 6.45) is 0.881. The van der Waals surface area contributed by atoms with E-state index in [-0.39, 0.29) is 23.0 Å². The highest BCUT2D eigenvalue weighted by Crippen LogP contribution is 2.28. The first-order valence-corrected chi connectivity index (χ1v) is 8.84. The van der Waals surface area contributed by atoms with Crippen LogP contribution in [-0.2, 0) is 9.31 Å². The van der Waals surface area contributed by atoms with Crippen molar-refractivity contribution in [2.75, 3.05) is 13.2 Å². The van der Waals surface area contributed by atoms with Crippen molar-refractivity contribution >= 4 is 24.1 Å². The van der Waals surface area contributed by atoms with Crippen molar-refractivity contribution < 1.29 is 18.9 Å². The number of benzene rings is 2. The Labute approximate surface area is 155 Å². The van der Waals surface area contributed by atoms with Crippen LogP contribution < -0.4 is 5.46 Å². The second kappa shape index (κ2) is 6.30. The summed E-state index contributed by atoms with van der Waals surface area (Å²) in [7, 11) is -0.407. The van der Waals surface area contributed by atoms with Gasteiger partial charge >= 0.3 is 7.12 Å². The quantitative estimate of drug-likeness (QED) is 0.554. The zero-order valence-electron chi connectivity index (χ0n) is 14.4. The molecule has 0 amide bonds. The third-order valence-electron chi connectivity index (χ3n) is 4.82. The SMILES string of the molecule is O=C1c2ccccc2C(=O)c2[nH]c(-c3cccc(B4OCCCO4)c3)nc21. The molecule has 1 fully saturated rings. The lowest BCUT2D eigenvalue weighted by atomic mass is 9.77. The number of rotatable bonds is 2. The number of H-pyrrole nitrogens is 1. The van der Waals surface area contributed by atoms with Crippen LogP contribution in [0.5, 0.6) is 0 Å². The lowest BCUT2D eigenvalue weighted by Gasteiger charge is -2.20. The summed E-state index contributed by atoms with van der Waals surface area (Å²) < 4.78 is 11.3. The van der Waals surface area contributed by atoms with Crippen LogP contribution in [0.15, 0.2) is 48.5 Å². The number of aromatic amines is 1. The number of nitrogens with zero attached hydrogens (tertiary/aromatic N) is 1. The molecule has 2 aromatic carbocycles. The molecule has 1 N–H and O–H groups in total. The van der Waals surface area contributed by atoms with E-state index in [4.69, 9.17) is 9.31 Å². The normalized spacial score (nSPS) is 16.2. The van der Waals surface area contributed by atoms with Gasteiger partial charge in [0.25, 0.3) is 0 Å². The highest BCUT2D eigenvalue weighted by molar-refractivity contribution is 6.61. The van der Waals surface area contributed by atoms with E-state index in [1.165, 1.54) is 0 Å². The molecule has 6 nitrogen and oxygen atoms in total. The number of ketones is 2. The van der Waals surface area contributed by atoms with E-state index < -0.39 is 7.12 Å². The van der Waals surface area contributed by atoms with Gasteiger partial charge in [0, 0.05) is 29.9 Å². The van der Waals surface area contributed by atoms with Crippen LogP contribution in [0.4, 0.5) is 0 Å². The summed E-state index contributed by atoms with van der Waals surface area (Å²) in [5.41, 5.74) is 2.86. The van der Waals surface area contributed by atoms with Crippen molar-refractivity contribution in [2.24, 2.45) is 0 Å². The fourth-order valence-corrected chi connectivity index (χ4v) is 3.49. The Morgan fingerprint density at radius 1 is 0.926 bits per heavy atom. The van der Waals surface area contributed by atoms with Crippen molar-refractivity contribution in [3.05, 3.63) is 71.0 Å². The highest BCUT2D eigenvalue weighted by Gasteiger charge is 2.33. The molecular weight excluding hydrogens is 343 g/mol. The number of nitrogens with one attached hydrogen (secondary N) is 1. The maximum atomic E-state index is 12.7. The third-order valence-corrected chi connectivity index (χ3v) is 4.82. The van der Waals surface area contributed by atoms with Gasteiger partial charge in [0.15, 0.2) is 0 Å². The first kappa shape index (κ1) is 16.2. The van der Waals surface area contributed by atoms with Crippen molar-refractivity contribution in [3.63, 3.8) is 0 Å². The molecule has 1 aliphatic heterocycles. The van der Waals surface area contributed by atoms with Crippen LogP contribution in [0.1, 0.15) is 38.5 Å². The Bertz CT molecular complexity index is 1020. The van der Waals surface area contributed by atoms with Gasteiger partial charge in [-0.05, 0) is 11.9 Å². The molecule has 0 radical (unpaired) electrons. The van der Waals surface area contributed by atoms with Gasteiger partial charge in [-0.15, -0.1) is 0 Å². The molecule has 0 bridgehead atoms. The number of aromatic nitrogens is 2. The smallest absolute Gasteiger partial charge is 0.407 e. The number of hydrogen-bond acceptors (Lipinski definition) is 5. The molecule has 7 heteroatoms. The Morgan fingerprint density at radius 3 is 2.44 bits per heavy atom. The molecule has 3 aromatic rings. The van der Waals surface area contributed by atoms with Crippen LogP contribution in [0, 0.1) is 0 Å². The zero-order chi connectivity index (χ0) is 18.4. The largest absolute Gasteiger partial charge is 0.493 e. The second-order valence-corrected chi connectivity index (χ2v) is 6.57. The standard InChI is InChI=1S/C20H15BN2O4/c24-18-14-7-1-2-8-15(14)19(25)17-16(18)22-20(23-17)12-5-3-6-13(11-12)21-26-9-4-10-27-21/h1-3,5-8,11H,4,9-10H2,(H,22,23). The van der Waals surface area contributed by atoms with Crippen molar-refractivity contribution in [2.45, 2.75) is 6.42 Å². The third kappa shape index (κ3) is 2.63. The number of hydrogen-bond donors (Lipinski definition) is 1. The van der Waals surface area contributed by atoms with Gasteiger partial charge < -0.3 is 14.3 Å². The van der Waals surface area contributed by atoms with Crippen LogP contribution in [-0.4, -0.2) is 41.9 Å². The predicted octanol–water partition coefficient (Wildman–Crippen LogP) is 1.98. The molecule has 27 heavy (non-hydrogen) atoms. The molecule has 0 spiro atoms. The Hall–Kier alpha value is -3.03. The molecular formula is C20H15BN2O4. The summed E-state index contributed by atoms with van der Waals surface area (Å²) in [5.74, 6) is 0.0269. The molecule has 1 aliphatic carbocycles. The van der Waals surface area contributed by atoms with Crippen LogP contribution >= 0.6 is 0 Å². The fraction of sp³-hybridized carbons (Fsp3) is 0.150. The average molecular weight is 358 g/mol. The second-order valence-electron chi connectivity index (χ2n) is 6.57. The predicted molar refractivity (Wildman–Crippen MR) is 99.2 cm³/mol. The van der Waals surface area contributed by atoms with E-state index in [1.54, 1.807) is 24.3 Å². The molecule has 1 saturated heterocycles. The fourth-order valence-electron chi connectivity index (χ4n) is 3.49. The summed E-state index contributed by atoms with van der Waals surface area (Å²) in [6, 6.07) is 14.4. The van der Waals surface area contributed by atoms with Crippen LogP contribution in [0.2, 0.25) is 0 Å². The number of imidazole rings is 1. The number of fused-ring (bicyclic) bond motifs is 2. The summed E-state index contributed by atoms with van der Waals surface area (Å²) in [5, 5.41) is 0. The first-order chi connectivity index (χ1) is 13.2. The van der Waals surface area contributed by atoms with E-state index in [9.17, 15) is 9.59 Å². The number of carbonyl (C=O) groups excluding carboxylic acids is 2. The van der Waals surface area contributed by atoms with Gasteiger partial charge in [-0.25, -0.2) is 4.98 Å². The first-order valence-electron chi connectivity index (χ1n) is 8.84. The van der Waals surface area contributed by atoms with Crippen molar-refractivity contribution in [1.82, 2.24) is 9.97 Å². The topological polar surface area (TPSA) is 81.3 Å². The zero-order valence-corrected chi connectivity index (χ0v) is 14.4. The summed E-state index contributed by atoms with van der Waals surface area (Å²) in [6.45, 7) is 1.32. The average Bonchev–Trinajstić information content (AvgIpc) is 3.19. The van der Waals surface area contributed by atoms with E-state index in [0.717, 1.165) is 17.4 Å².